The van der Waals surface area contributed by atoms with E-state index in [9.17, 15) is 5.11 Å². The molecule has 5 heteroatoms. The van der Waals surface area contributed by atoms with Crippen LogP contribution in [0.4, 0.5) is 5.69 Å². The van der Waals surface area contributed by atoms with Crippen LogP contribution in [0.5, 0.6) is 5.75 Å². The summed E-state index contributed by atoms with van der Waals surface area (Å²) in [5.41, 5.74) is 1.62. The molecule has 88 valence electrons. The highest BCUT2D eigenvalue weighted by Gasteiger charge is 2.02. The van der Waals surface area contributed by atoms with Gasteiger partial charge in [0.15, 0.2) is 0 Å². The SMILES string of the molecule is Oc1ccc(Cl)cc1CNc1cncc(Br)c1. The van der Waals surface area contributed by atoms with Gasteiger partial charge in [-0.1, -0.05) is 11.6 Å². The molecule has 0 unspecified atom stereocenters. The first-order chi connectivity index (χ1) is 8.15. The molecule has 0 aliphatic carbocycles. The fraction of sp³-hybridized carbons (Fsp3) is 0.0833. The van der Waals surface area contributed by atoms with Crippen molar-refractivity contribution in [2.45, 2.75) is 6.54 Å². The van der Waals surface area contributed by atoms with E-state index in [2.05, 4.69) is 26.2 Å². The highest BCUT2D eigenvalue weighted by Crippen LogP contribution is 2.23. The topological polar surface area (TPSA) is 45.1 Å². The lowest BCUT2D eigenvalue weighted by atomic mass is 10.2. The van der Waals surface area contributed by atoms with Crippen molar-refractivity contribution in [3.8, 4) is 5.75 Å². The van der Waals surface area contributed by atoms with E-state index in [-0.39, 0.29) is 5.75 Å². The summed E-state index contributed by atoms with van der Waals surface area (Å²) in [6, 6.07) is 6.88. The molecule has 1 heterocycles. The molecular formula is C12H10BrClN2O. The number of anilines is 1. The van der Waals surface area contributed by atoms with Crippen LogP contribution in [0.1, 0.15) is 5.56 Å². The molecule has 2 rings (SSSR count). The van der Waals surface area contributed by atoms with Gasteiger partial charge in [-0.05, 0) is 40.2 Å². The number of benzene rings is 1. The molecule has 0 fully saturated rings. The summed E-state index contributed by atoms with van der Waals surface area (Å²) in [5, 5.41) is 13.4. The van der Waals surface area contributed by atoms with Crippen LogP contribution >= 0.6 is 27.5 Å². The first kappa shape index (κ1) is 12.2. The monoisotopic (exact) mass is 312 g/mol. The summed E-state index contributed by atoms with van der Waals surface area (Å²) >= 11 is 9.21. The maximum atomic E-state index is 9.64. The zero-order valence-corrected chi connectivity index (χ0v) is 11.2. The van der Waals surface area contributed by atoms with Crippen molar-refractivity contribution in [2.24, 2.45) is 0 Å². The lowest BCUT2D eigenvalue weighted by Gasteiger charge is -2.08. The number of aromatic nitrogens is 1. The van der Waals surface area contributed by atoms with Crippen LogP contribution in [-0.2, 0) is 6.54 Å². The van der Waals surface area contributed by atoms with Gasteiger partial charge in [0, 0.05) is 27.8 Å². The molecule has 3 nitrogen and oxygen atoms in total. The first-order valence-electron chi connectivity index (χ1n) is 4.97. The first-order valence-corrected chi connectivity index (χ1v) is 6.14. The largest absolute Gasteiger partial charge is 0.508 e. The predicted octanol–water partition coefficient (Wildman–Crippen LogP) is 3.82. The Bertz CT molecular complexity index is 534. The Kier molecular flexibility index (Phi) is 3.86. The zero-order chi connectivity index (χ0) is 12.3. The molecule has 0 aliphatic heterocycles. The normalized spacial score (nSPS) is 10.2. The summed E-state index contributed by atoms with van der Waals surface area (Å²) in [6.07, 6.45) is 3.42. The number of pyridine rings is 1. The lowest BCUT2D eigenvalue weighted by molar-refractivity contribution is 0.469. The Morgan fingerprint density at radius 3 is 2.88 bits per heavy atom. The second kappa shape index (κ2) is 5.38. The third-order valence-corrected chi connectivity index (χ3v) is 2.90. The van der Waals surface area contributed by atoms with Crippen LogP contribution in [-0.4, -0.2) is 10.1 Å². The van der Waals surface area contributed by atoms with Gasteiger partial charge in [-0.15, -0.1) is 0 Å². The maximum absolute atomic E-state index is 9.64. The van der Waals surface area contributed by atoms with Crippen LogP contribution in [0.3, 0.4) is 0 Å². The van der Waals surface area contributed by atoms with Gasteiger partial charge in [-0.25, -0.2) is 0 Å². The van der Waals surface area contributed by atoms with Crippen LogP contribution in [0.2, 0.25) is 5.02 Å². The summed E-state index contributed by atoms with van der Waals surface area (Å²) in [6.45, 7) is 0.491. The number of phenols is 1. The van der Waals surface area contributed by atoms with E-state index in [1.807, 2.05) is 6.07 Å². The van der Waals surface area contributed by atoms with Crippen LogP contribution < -0.4 is 5.32 Å². The summed E-state index contributed by atoms with van der Waals surface area (Å²) in [7, 11) is 0. The highest BCUT2D eigenvalue weighted by atomic mass is 79.9. The van der Waals surface area contributed by atoms with E-state index in [0.29, 0.717) is 11.6 Å². The maximum Gasteiger partial charge on any atom is 0.120 e. The molecule has 0 atom stereocenters. The fourth-order valence-corrected chi connectivity index (χ4v) is 1.96. The molecule has 1 aromatic carbocycles. The minimum absolute atomic E-state index is 0.227. The number of hydrogen-bond acceptors (Lipinski definition) is 3. The van der Waals surface area contributed by atoms with Crippen molar-refractivity contribution in [1.82, 2.24) is 4.98 Å². The second-order valence-electron chi connectivity index (χ2n) is 3.52. The minimum Gasteiger partial charge on any atom is -0.508 e. The van der Waals surface area contributed by atoms with E-state index in [4.69, 9.17) is 11.6 Å². The van der Waals surface area contributed by atoms with Crippen LogP contribution in [0.25, 0.3) is 0 Å². The lowest BCUT2D eigenvalue weighted by Crippen LogP contribution is -2.00. The number of halogens is 2. The fourth-order valence-electron chi connectivity index (χ4n) is 1.40. The number of aromatic hydroxyl groups is 1. The smallest absolute Gasteiger partial charge is 0.120 e. The Labute approximate surface area is 113 Å². The van der Waals surface area contributed by atoms with Gasteiger partial charge >= 0.3 is 0 Å². The molecule has 0 saturated carbocycles. The van der Waals surface area contributed by atoms with Crippen molar-refractivity contribution >= 4 is 33.2 Å². The third-order valence-electron chi connectivity index (χ3n) is 2.23. The molecule has 0 radical (unpaired) electrons. The van der Waals surface area contributed by atoms with Crippen LogP contribution in [0.15, 0.2) is 41.1 Å². The molecule has 17 heavy (non-hydrogen) atoms. The van der Waals surface area contributed by atoms with Crippen molar-refractivity contribution in [2.75, 3.05) is 5.32 Å². The van der Waals surface area contributed by atoms with E-state index < -0.39 is 0 Å². The average molecular weight is 314 g/mol. The minimum atomic E-state index is 0.227. The predicted molar refractivity (Wildman–Crippen MR) is 72.4 cm³/mol. The molecule has 0 amide bonds. The third kappa shape index (κ3) is 3.35. The van der Waals surface area contributed by atoms with E-state index in [1.54, 1.807) is 30.6 Å². The number of phenolic OH excluding ortho intramolecular Hbond substituents is 1. The molecule has 2 N–H and O–H groups in total. The van der Waals surface area contributed by atoms with Crippen molar-refractivity contribution in [3.63, 3.8) is 0 Å². The van der Waals surface area contributed by atoms with E-state index >= 15 is 0 Å². The summed E-state index contributed by atoms with van der Waals surface area (Å²) in [4.78, 5) is 4.04. The van der Waals surface area contributed by atoms with Gasteiger partial charge in [-0.2, -0.15) is 0 Å². The number of rotatable bonds is 3. The molecule has 2 aromatic rings. The Balaban J connectivity index is 2.09. The average Bonchev–Trinajstić information content (AvgIpc) is 2.30. The van der Waals surface area contributed by atoms with Gasteiger partial charge in [0.05, 0.1) is 11.9 Å². The van der Waals surface area contributed by atoms with Crippen molar-refractivity contribution in [3.05, 3.63) is 51.7 Å². The summed E-state index contributed by atoms with van der Waals surface area (Å²) in [5.74, 6) is 0.227. The number of hydrogen-bond donors (Lipinski definition) is 2. The zero-order valence-electron chi connectivity index (χ0n) is 8.82. The Morgan fingerprint density at radius 1 is 1.29 bits per heavy atom. The van der Waals surface area contributed by atoms with E-state index in [1.165, 1.54) is 0 Å². The quantitative estimate of drug-likeness (QED) is 0.905. The summed E-state index contributed by atoms with van der Waals surface area (Å²) < 4.78 is 0.901. The Hall–Kier alpha value is -1.26. The molecule has 1 aromatic heterocycles. The van der Waals surface area contributed by atoms with Crippen molar-refractivity contribution < 1.29 is 5.11 Å². The standard InChI is InChI=1S/C12H10BrClN2O/c13-9-4-11(7-15-6-9)16-5-8-3-10(14)1-2-12(8)17/h1-4,6-7,16-17H,5H2. The second-order valence-corrected chi connectivity index (χ2v) is 4.87. The molecule has 0 bridgehead atoms. The van der Waals surface area contributed by atoms with Crippen LogP contribution in [0, 0.1) is 0 Å². The van der Waals surface area contributed by atoms with Gasteiger partial charge in [0.2, 0.25) is 0 Å². The Morgan fingerprint density at radius 2 is 2.12 bits per heavy atom. The van der Waals surface area contributed by atoms with Crippen molar-refractivity contribution in [1.29, 1.82) is 0 Å². The molecule has 0 spiro atoms. The van der Waals surface area contributed by atoms with Gasteiger partial charge in [0.1, 0.15) is 5.75 Å². The molecule has 0 saturated heterocycles. The van der Waals surface area contributed by atoms with Gasteiger partial charge in [-0.3, -0.25) is 4.98 Å². The van der Waals surface area contributed by atoms with E-state index in [0.717, 1.165) is 15.7 Å². The number of nitrogens with zero attached hydrogens (tertiary/aromatic N) is 1. The molecule has 0 aliphatic rings. The number of nitrogens with one attached hydrogen (secondary N) is 1. The molecular weight excluding hydrogens is 304 g/mol. The van der Waals surface area contributed by atoms with Gasteiger partial charge < -0.3 is 10.4 Å². The van der Waals surface area contributed by atoms with Gasteiger partial charge in [0.25, 0.3) is 0 Å². The highest BCUT2D eigenvalue weighted by molar-refractivity contribution is 9.10.